The van der Waals surface area contributed by atoms with Crippen LogP contribution < -0.4 is 0 Å². The highest BCUT2D eigenvalue weighted by molar-refractivity contribution is 5.64. The van der Waals surface area contributed by atoms with E-state index in [-0.39, 0.29) is 11.4 Å². The molecule has 0 saturated carbocycles. The molecule has 0 aliphatic rings. The number of nitrogens with zero attached hydrogens (tertiary/aromatic N) is 1. The van der Waals surface area contributed by atoms with Gasteiger partial charge in [0.1, 0.15) is 0 Å². The molecule has 3 nitrogen and oxygen atoms in total. The number of halogens is 2. The summed E-state index contributed by atoms with van der Waals surface area (Å²) >= 11 is 0. The molecule has 0 aromatic heterocycles. The van der Waals surface area contributed by atoms with Crippen LogP contribution in [-0.4, -0.2) is 24.1 Å². The molecule has 0 aromatic rings. The Kier molecular flexibility index (Phi) is 2.90. The summed E-state index contributed by atoms with van der Waals surface area (Å²) in [4.78, 5) is 9.64. The van der Waals surface area contributed by atoms with Crippen LogP contribution in [0.5, 0.6) is 0 Å². The molecule has 0 aliphatic carbocycles. The van der Waals surface area contributed by atoms with Gasteiger partial charge in [-0.15, -0.1) is 0 Å². The second-order valence-corrected chi connectivity index (χ2v) is 1.33. The summed E-state index contributed by atoms with van der Waals surface area (Å²) < 4.78 is 22.9. The topological polar surface area (TPSA) is 40.2 Å². The molecule has 0 unspecified atom stereocenters. The van der Waals surface area contributed by atoms with Crippen molar-refractivity contribution < 1.29 is 18.7 Å². The number of amides is 1. The summed E-state index contributed by atoms with van der Waals surface area (Å²) in [6, 6.07) is 0. The fraction of sp³-hybridized carbons (Fsp3) is 0.750. The van der Waals surface area contributed by atoms with Gasteiger partial charge in [0.25, 0.3) is 0 Å². The van der Waals surface area contributed by atoms with Crippen LogP contribution in [0.1, 0.15) is 6.92 Å². The minimum absolute atomic E-state index is 0.0694. The Morgan fingerprint density at radius 2 is 2.11 bits per heavy atom. The van der Waals surface area contributed by atoms with Crippen LogP contribution in [0.2, 0.25) is 0 Å². The van der Waals surface area contributed by atoms with Gasteiger partial charge in [-0.1, -0.05) is 0 Å². The number of hydrogen-bond acceptors (Lipinski definition) is 1. The van der Waals surface area contributed by atoms with Crippen LogP contribution >= 0.6 is 0 Å². The molecule has 9 heavy (non-hydrogen) atoms. The molecule has 1 amide bonds. The van der Waals surface area contributed by atoms with E-state index in [1.165, 1.54) is 6.92 Å². The molecule has 0 bridgehead atoms. The van der Waals surface area contributed by atoms with Crippen molar-refractivity contribution in [3.8, 4) is 0 Å². The van der Waals surface area contributed by atoms with Crippen molar-refractivity contribution in [3.05, 3.63) is 0 Å². The molecule has 0 aromatic carbocycles. The van der Waals surface area contributed by atoms with Crippen LogP contribution in [0.4, 0.5) is 13.6 Å². The van der Waals surface area contributed by atoms with Gasteiger partial charge in [-0.2, -0.15) is 8.78 Å². The third-order valence-corrected chi connectivity index (χ3v) is 0.811. The lowest BCUT2D eigenvalue weighted by Crippen LogP contribution is -2.32. The van der Waals surface area contributed by atoms with E-state index in [2.05, 4.69) is 0 Å². The van der Waals surface area contributed by atoms with Crippen molar-refractivity contribution in [2.75, 3.05) is 6.54 Å². The minimum atomic E-state index is -2.97. The van der Waals surface area contributed by atoms with Crippen LogP contribution in [0.25, 0.3) is 0 Å². The molecule has 0 atom stereocenters. The molecule has 0 N–H and O–H groups in total. The van der Waals surface area contributed by atoms with Crippen LogP contribution in [0, 0.1) is 0 Å². The smallest absolute Gasteiger partial charge is 0.248 e. The molecule has 0 heterocycles. The van der Waals surface area contributed by atoms with Crippen molar-refractivity contribution in [1.29, 1.82) is 0 Å². The van der Waals surface area contributed by atoms with Crippen LogP contribution in [0.15, 0.2) is 0 Å². The average molecular weight is 138 g/mol. The molecular formula is C4H6F2NO2. The molecule has 53 valence electrons. The fourth-order valence-electron chi connectivity index (χ4n) is 0.347. The van der Waals surface area contributed by atoms with Crippen molar-refractivity contribution >= 4 is 6.09 Å². The molecule has 0 fully saturated rings. The third-order valence-electron chi connectivity index (χ3n) is 0.811. The second-order valence-electron chi connectivity index (χ2n) is 1.33. The molecule has 0 saturated heterocycles. The van der Waals surface area contributed by atoms with Gasteiger partial charge >= 0.3 is 12.6 Å². The Labute approximate surface area is 50.9 Å². The Bertz CT molecular complexity index is 107. The molecular weight excluding hydrogens is 132 g/mol. The molecule has 1 radical (unpaired) electrons. The van der Waals surface area contributed by atoms with E-state index in [1.54, 1.807) is 0 Å². The van der Waals surface area contributed by atoms with E-state index >= 15 is 0 Å². The summed E-state index contributed by atoms with van der Waals surface area (Å²) in [6.07, 6.45) is -1.84. The molecule has 0 aliphatic heterocycles. The largest absolute Gasteiger partial charge is 0.457 e. The first-order chi connectivity index (χ1) is 4.09. The number of hydrogen-bond donors (Lipinski definition) is 0. The highest BCUT2D eigenvalue weighted by atomic mass is 19.3. The maximum absolute atomic E-state index is 11.5. The number of alkyl halides is 2. The summed E-state index contributed by atoms with van der Waals surface area (Å²) in [5.74, 6) is 0. The van der Waals surface area contributed by atoms with Crippen molar-refractivity contribution in [3.63, 3.8) is 0 Å². The standard InChI is InChI=1S/C4H6F2NO2/c1-2-7(3(5)6)4(8)9/h3H,2H2,1H3. The van der Waals surface area contributed by atoms with Gasteiger partial charge in [-0.3, -0.25) is 0 Å². The van der Waals surface area contributed by atoms with E-state index < -0.39 is 12.6 Å². The van der Waals surface area contributed by atoms with Gasteiger partial charge in [-0.05, 0) is 6.92 Å². The van der Waals surface area contributed by atoms with E-state index in [0.29, 0.717) is 0 Å². The van der Waals surface area contributed by atoms with Gasteiger partial charge in [-0.25, -0.2) is 14.8 Å². The number of carbonyl (C=O) groups excluding carboxylic acids is 1. The molecule has 0 spiro atoms. The Hall–Kier alpha value is -0.870. The highest BCUT2D eigenvalue weighted by Crippen LogP contribution is 2.01. The normalized spacial score (nSPS) is 9.78. The predicted octanol–water partition coefficient (Wildman–Crippen LogP) is 1.08. The first-order valence-electron chi connectivity index (χ1n) is 2.35. The lowest BCUT2D eigenvalue weighted by molar-refractivity contribution is -0.0186. The third kappa shape index (κ3) is 2.25. The lowest BCUT2D eigenvalue weighted by atomic mass is 10.6. The highest BCUT2D eigenvalue weighted by Gasteiger charge is 2.20. The first kappa shape index (κ1) is 8.13. The van der Waals surface area contributed by atoms with Crippen LogP contribution in [0.3, 0.4) is 0 Å². The van der Waals surface area contributed by atoms with Gasteiger partial charge in [0.15, 0.2) is 0 Å². The van der Waals surface area contributed by atoms with Gasteiger partial charge in [0.2, 0.25) is 0 Å². The van der Waals surface area contributed by atoms with Gasteiger partial charge < -0.3 is 0 Å². The Morgan fingerprint density at radius 3 is 2.11 bits per heavy atom. The summed E-state index contributed by atoms with van der Waals surface area (Å²) in [5.41, 5.74) is 0. The SMILES string of the molecule is CCN(C([O])=O)C(F)F. The molecule has 5 heteroatoms. The van der Waals surface area contributed by atoms with Gasteiger partial charge in [0, 0.05) is 6.54 Å². The Morgan fingerprint density at radius 1 is 1.67 bits per heavy atom. The fourth-order valence-corrected chi connectivity index (χ4v) is 0.347. The van der Waals surface area contributed by atoms with Crippen molar-refractivity contribution in [1.82, 2.24) is 4.90 Å². The van der Waals surface area contributed by atoms with E-state index in [0.717, 1.165) is 0 Å². The number of rotatable bonds is 2. The average Bonchev–Trinajstić information content (AvgIpc) is 1.64. The Balaban J connectivity index is 3.83. The zero-order valence-corrected chi connectivity index (χ0v) is 4.80. The summed E-state index contributed by atoms with van der Waals surface area (Å²) in [6.45, 7) is -1.91. The van der Waals surface area contributed by atoms with E-state index in [1.807, 2.05) is 0 Å². The van der Waals surface area contributed by atoms with Crippen LogP contribution in [-0.2, 0) is 5.11 Å². The monoisotopic (exact) mass is 138 g/mol. The van der Waals surface area contributed by atoms with E-state index in [9.17, 15) is 18.7 Å². The maximum Gasteiger partial charge on any atom is 0.457 e. The van der Waals surface area contributed by atoms with Crippen molar-refractivity contribution in [2.24, 2.45) is 0 Å². The first-order valence-corrected chi connectivity index (χ1v) is 2.35. The zero-order chi connectivity index (χ0) is 7.44. The van der Waals surface area contributed by atoms with Gasteiger partial charge in [0.05, 0.1) is 0 Å². The minimum Gasteiger partial charge on any atom is -0.248 e. The lowest BCUT2D eigenvalue weighted by Gasteiger charge is -2.12. The quantitative estimate of drug-likeness (QED) is 0.526. The van der Waals surface area contributed by atoms with Crippen molar-refractivity contribution in [2.45, 2.75) is 13.5 Å². The summed E-state index contributed by atoms with van der Waals surface area (Å²) in [7, 11) is 0. The maximum atomic E-state index is 11.5. The predicted molar refractivity (Wildman–Crippen MR) is 24.5 cm³/mol. The van der Waals surface area contributed by atoms with E-state index in [4.69, 9.17) is 0 Å². The number of carbonyl (C=O) groups is 1. The zero-order valence-electron chi connectivity index (χ0n) is 4.80. The second kappa shape index (κ2) is 3.21. The summed E-state index contributed by atoms with van der Waals surface area (Å²) in [5, 5.41) is 9.71. The molecule has 0 rings (SSSR count).